The van der Waals surface area contributed by atoms with Crippen LogP contribution in [0.25, 0.3) is 11.0 Å². The van der Waals surface area contributed by atoms with Gasteiger partial charge in [-0.05, 0) is 18.6 Å². The fraction of sp³-hybridized carbons (Fsp3) is 0.462. The number of rotatable bonds is 5. The van der Waals surface area contributed by atoms with Crippen molar-refractivity contribution in [2.24, 2.45) is 0 Å². The Kier molecular flexibility index (Phi) is 4.05. The average Bonchev–Trinajstić information content (AvgIpc) is 2.67. The lowest BCUT2D eigenvalue weighted by Gasteiger charge is -2.07. The molecule has 1 aromatic heterocycles. The minimum Gasteiger partial charge on any atom is -0.327 e. The fourth-order valence-electron chi connectivity index (χ4n) is 2.04. The molecule has 0 N–H and O–H groups in total. The van der Waals surface area contributed by atoms with Crippen molar-refractivity contribution < 1.29 is 4.39 Å². The van der Waals surface area contributed by atoms with Crippen LogP contribution in [0.3, 0.4) is 0 Å². The lowest BCUT2D eigenvalue weighted by molar-refractivity contribution is 0.600. The minimum atomic E-state index is -0.235. The summed E-state index contributed by atoms with van der Waals surface area (Å²) >= 11 is 4.28. The van der Waals surface area contributed by atoms with Crippen molar-refractivity contribution in [3.63, 3.8) is 0 Å². The van der Waals surface area contributed by atoms with Gasteiger partial charge in [0.15, 0.2) is 0 Å². The van der Waals surface area contributed by atoms with E-state index in [1.807, 2.05) is 0 Å². The molecule has 2 rings (SSSR count). The maximum absolute atomic E-state index is 13.1. The van der Waals surface area contributed by atoms with Crippen LogP contribution in [0.2, 0.25) is 0 Å². The number of hydrogen-bond acceptors (Lipinski definition) is 2. The van der Waals surface area contributed by atoms with Crippen molar-refractivity contribution >= 4 is 23.7 Å². The molecule has 0 aliphatic heterocycles. The summed E-state index contributed by atoms with van der Waals surface area (Å²) in [6.45, 7) is 3.12. The van der Waals surface area contributed by atoms with E-state index in [0.717, 1.165) is 29.8 Å². The molecular weight excluding hydrogens is 235 g/mol. The fourth-order valence-corrected chi connectivity index (χ4v) is 2.28. The standard InChI is InChI=1S/C13H17FN2S/c1-2-3-4-7-16-12-6-5-10(14)8-11(12)15-13(16)9-17/h5-6,8,17H,2-4,7,9H2,1H3. The van der Waals surface area contributed by atoms with Crippen molar-refractivity contribution in [2.75, 3.05) is 0 Å². The maximum Gasteiger partial charge on any atom is 0.125 e. The van der Waals surface area contributed by atoms with Gasteiger partial charge in [-0.25, -0.2) is 9.37 Å². The van der Waals surface area contributed by atoms with Gasteiger partial charge in [-0.1, -0.05) is 19.8 Å². The molecule has 17 heavy (non-hydrogen) atoms. The van der Waals surface area contributed by atoms with Crippen LogP contribution in [0.5, 0.6) is 0 Å². The number of fused-ring (bicyclic) bond motifs is 1. The van der Waals surface area contributed by atoms with E-state index in [1.165, 1.54) is 25.0 Å². The van der Waals surface area contributed by atoms with Gasteiger partial charge in [-0.3, -0.25) is 0 Å². The monoisotopic (exact) mass is 252 g/mol. The van der Waals surface area contributed by atoms with Crippen LogP contribution >= 0.6 is 12.6 Å². The second-order valence-electron chi connectivity index (χ2n) is 4.18. The summed E-state index contributed by atoms with van der Waals surface area (Å²) in [5.41, 5.74) is 1.73. The number of imidazole rings is 1. The van der Waals surface area contributed by atoms with Gasteiger partial charge in [0.2, 0.25) is 0 Å². The number of benzene rings is 1. The Hall–Kier alpha value is -1.03. The van der Waals surface area contributed by atoms with Gasteiger partial charge in [0.25, 0.3) is 0 Å². The highest BCUT2D eigenvalue weighted by Crippen LogP contribution is 2.19. The Morgan fingerprint density at radius 3 is 2.88 bits per heavy atom. The minimum absolute atomic E-state index is 0.235. The van der Waals surface area contributed by atoms with Crippen LogP contribution in [0.4, 0.5) is 4.39 Å². The first-order valence-electron chi connectivity index (χ1n) is 6.01. The third-order valence-electron chi connectivity index (χ3n) is 2.92. The molecule has 0 saturated carbocycles. The summed E-state index contributed by atoms with van der Waals surface area (Å²) < 4.78 is 15.3. The second kappa shape index (κ2) is 5.54. The molecule has 0 unspecified atom stereocenters. The van der Waals surface area contributed by atoms with Crippen molar-refractivity contribution in [1.82, 2.24) is 9.55 Å². The first-order valence-corrected chi connectivity index (χ1v) is 6.65. The summed E-state index contributed by atoms with van der Waals surface area (Å²) in [5, 5.41) is 0. The molecule has 92 valence electrons. The molecule has 0 bridgehead atoms. The van der Waals surface area contributed by atoms with Crippen LogP contribution in [-0.4, -0.2) is 9.55 Å². The normalized spacial score (nSPS) is 11.2. The molecule has 0 aliphatic carbocycles. The molecule has 4 heteroatoms. The lowest BCUT2D eigenvalue weighted by Crippen LogP contribution is -2.02. The number of hydrogen-bond donors (Lipinski definition) is 1. The average molecular weight is 252 g/mol. The van der Waals surface area contributed by atoms with E-state index in [4.69, 9.17) is 0 Å². The molecule has 0 saturated heterocycles. The van der Waals surface area contributed by atoms with Gasteiger partial charge >= 0.3 is 0 Å². The molecule has 0 fully saturated rings. The van der Waals surface area contributed by atoms with Gasteiger partial charge in [0.1, 0.15) is 11.6 Å². The van der Waals surface area contributed by atoms with Crippen LogP contribution < -0.4 is 0 Å². The lowest BCUT2D eigenvalue weighted by atomic mass is 10.2. The Morgan fingerprint density at radius 2 is 2.18 bits per heavy atom. The molecule has 0 aliphatic rings. The Balaban J connectivity index is 2.36. The zero-order valence-electron chi connectivity index (χ0n) is 9.99. The van der Waals surface area contributed by atoms with Crippen LogP contribution in [0, 0.1) is 5.82 Å². The topological polar surface area (TPSA) is 17.8 Å². The number of unbranched alkanes of at least 4 members (excludes halogenated alkanes) is 2. The summed E-state index contributed by atoms with van der Waals surface area (Å²) in [7, 11) is 0. The van der Waals surface area contributed by atoms with Gasteiger partial charge in [0, 0.05) is 18.4 Å². The Bertz CT molecular complexity index is 507. The predicted molar refractivity (Wildman–Crippen MR) is 71.9 cm³/mol. The zero-order chi connectivity index (χ0) is 12.3. The molecule has 1 heterocycles. The third kappa shape index (κ3) is 2.63. The Labute approximate surface area is 106 Å². The van der Waals surface area contributed by atoms with Crippen LogP contribution in [0.1, 0.15) is 32.0 Å². The van der Waals surface area contributed by atoms with Crippen LogP contribution in [0.15, 0.2) is 18.2 Å². The Morgan fingerprint density at radius 1 is 1.35 bits per heavy atom. The molecule has 0 amide bonds. The number of aryl methyl sites for hydroxylation is 1. The highest BCUT2D eigenvalue weighted by Gasteiger charge is 2.09. The molecule has 0 spiro atoms. The molecular formula is C13H17FN2S. The largest absolute Gasteiger partial charge is 0.327 e. The van der Waals surface area contributed by atoms with E-state index in [-0.39, 0.29) is 5.82 Å². The zero-order valence-corrected chi connectivity index (χ0v) is 10.9. The predicted octanol–water partition coefficient (Wildman–Crippen LogP) is 3.80. The smallest absolute Gasteiger partial charge is 0.125 e. The highest BCUT2D eigenvalue weighted by molar-refractivity contribution is 7.79. The third-order valence-corrected chi connectivity index (χ3v) is 3.20. The molecule has 0 atom stereocenters. The molecule has 0 radical (unpaired) electrons. The number of halogens is 1. The van der Waals surface area contributed by atoms with Gasteiger partial charge < -0.3 is 4.57 Å². The van der Waals surface area contributed by atoms with Gasteiger partial charge in [-0.15, -0.1) is 0 Å². The molecule has 2 nitrogen and oxygen atoms in total. The quantitative estimate of drug-likeness (QED) is 0.633. The summed E-state index contributed by atoms with van der Waals surface area (Å²) in [6.07, 6.45) is 3.52. The van der Waals surface area contributed by atoms with Crippen molar-refractivity contribution in [2.45, 2.75) is 38.5 Å². The van der Waals surface area contributed by atoms with E-state index in [0.29, 0.717) is 5.75 Å². The van der Waals surface area contributed by atoms with Crippen LogP contribution in [-0.2, 0) is 12.3 Å². The van der Waals surface area contributed by atoms with E-state index in [2.05, 4.69) is 29.1 Å². The van der Waals surface area contributed by atoms with E-state index < -0.39 is 0 Å². The van der Waals surface area contributed by atoms with Crippen molar-refractivity contribution in [1.29, 1.82) is 0 Å². The van der Waals surface area contributed by atoms with Gasteiger partial charge in [-0.2, -0.15) is 12.6 Å². The van der Waals surface area contributed by atoms with E-state index >= 15 is 0 Å². The van der Waals surface area contributed by atoms with Crippen molar-refractivity contribution in [3.05, 3.63) is 29.8 Å². The number of nitrogens with zero attached hydrogens (tertiary/aromatic N) is 2. The molecule has 1 aromatic carbocycles. The molecule has 2 aromatic rings. The number of aromatic nitrogens is 2. The second-order valence-corrected chi connectivity index (χ2v) is 4.49. The first kappa shape index (κ1) is 12.4. The summed E-state index contributed by atoms with van der Waals surface area (Å²) in [6, 6.07) is 4.78. The summed E-state index contributed by atoms with van der Waals surface area (Å²) in [4.78, 5) is 4.42. The van der Waals surface area contributed by atoms with E-state index in [9.17, 15) is 4.39 Å². The van der Waals surface area contributed by atoms with E-state index in [1.54, 1.807) is 6.07 Å². The van der Waals surface area contributed by atoms with Crippen molar-refractivity contribution in [3.8, 4) is 0 Å². The van der Waals surface area contributed by atoms with Gasteiger partial charge in [0.05, 0.1) is 11.0 Å². The summed E-state index contributed by atoms with van der Waals surface area (Å²) in [5.74, 6) is 1.27. The maximum atomic E-state index is 13.1. The SMILES string of the molecule is CCCCCn1c(CS)nc2cc(F)ccc21. The highest BCUT2D eigenvalue weighted by atomic mass is 32.1. The number of thiol groups is 1. The first-order chi connectivity index (χ1) is 8.26.